The van der Waals surface area contributed by atoms with E-state index in [2.05, 4.69) is 16.9 Å². The first-order chi connectivity index (χ1) is 10.9. The van der Waals surface area contributed by atoms with Gasteiger partial charge in [-0.3, -0.25) is 5.32 Å². The van der Waals surface area contributed by atoms with Gasteiger partial charge in [0.15, 0.2) is 0 Å². The van der Waals surface area contributed by atoms with Crippen molar-refractivity contribution < 1.29 is 14.3 Å². The van der Waals surface area contributed by atoms with Gasteiger partial charge in [-0.15, -0.1) is 0 Å². The Morgan fingerprint density at radius 2 is 1.96 bits per heavy atom. The van der Waals surface area contributed by atoms with Crippen LogP contribution in [0, 0.1) is 0 Å². The van der Waals surface area contributed by atoms with Crippen molar-refractivity contribution in [3.05, 3.63) is 18.2 Å². The van der Waals surface area contributed by atoms with Crippen LogP contribution >= 0.6 is 11.8 Å². The second-order valence-electron chi connectivity index (χ2n) is 6.17. The summed E-state index contributed by atoms with van der Waals surface area (Å²) in [6.45, 7) is 6.36. The summed E-state index contributed by atoms with van der Waals surface area (Å²) in [6, 6.07) is 5.50. The average Bonchev–Trinajstić information content (AvgIpc) is 2.46. The molecule has 0 aliphatic carbocycles. The zero-order chi connectivity index (χ0) is 17.3. The van der Waals surface area contributed by atoms with Crippen molar-refractivity contribution in [2.45, 2.75) is 39.2 Å². The van der Waals surface area contributed by atoms with E-state index in [0.29, 0.717) is 5.69 Å². The van der Waals surface area contributed by atoms with Crippen LogP contribution in [0.4, 0.5) is 16.2 Å². The standard InChI is InChI=1S/C17H28N2O3S/c1-17(2,3)22-16(20)19-14-9-8-13(21-4)12-15(14)18-10-6-7-11-23-5/h8-9,12,18H,6-7,10-11H2,1-5H3,(H,19,20). The van der Waals surface area contributed by atoms with Crippen LogP contribution in [0.2, 0.25) is 0 Å². The van der Waals surface area contributed by atoms with Crippen molar-refractivity contribution in [2.24, 2.45) is 0 Å². The van der Waals surface area contributed by atoms with Crippen molar-refractivity contribution in [2.75, 3.05) is 36.3 Å². The molecule has 0 spiro atoms. The molecule has 0 saturated carbocycles. The molecule has 0 radical (unpaired) electrons. The molecule has 1 amide bonds. The van der Waals surface area contributed by atoms with Gasteiger partial charge in [0, 0.05) is 12.6 Å². The second-order valence-corrected chi connectivity index (χ2v) is 7.15. The summed E-state index contributed by atoms with van der Waals surface area (Å²) in [5, 5.41) is 6.14. The summed E-state index contributed by atoms with van der Waals surface area (Å²) in [5.41, 5.74) is 0.992. The molecule has 0 aliphatic heterocycles. The van der Waals surface area contributed by atoms with Crippen LogP contribution in [-0.4, -0.2) is 37.4 Å². The molecular formula is C17H28N2O3S. The maximum absolute atomic E-state index is 12.0. The van der Waals surface area contributed by atoms with Gasteiger partial charge < -0.3 is 14.8 Å². The number of rotatable bonds is 8. The molecule has 5 nitrogen and oxygen atoms in total. The summed E-state index contributed by atoms with van der Waals surface area (Å²) in [6.07, 6.45) is 3.88. The number of carbonyl (C=O) groups excluding carboxylic acids is 1. The van der Waals surface area contributed by atoms with Crippen LogP contribution in [0.15, 0.2) is 18.2 Å². The fourth-order valence-electron chi connectivity index (χ4n) is 1.91. The Kier molecular flexibility index (Phi) is 8.09. The van der Waals surface area contributed by atoms with E-state index in [0.717, 1.165) is 36.6 Å². The van der Waals surface area contributed by atoms with Crippen LogP contribution in [0.25, 0.3) is 0 Å². The Morgan fingerprint density at radius 3 is 2.57 bits per heavy atom. The fourth-order valence-corrected chi connectivity index (χ4v) is 2.41. The highest BCUT2D eigenvalue weighted by Crippen LogP contribution is 2.27. The molecule has 0 atom stereocenters. The number of anilines is 2. The highest BCUT2D eigenvalue weighted by molar-refractivity contribution is 7.98. The third-order valence-corrected chi connectivity index (χ3v) is 3.65. The van der Waals surface area contributed by atoms with E-state index in [4.69, 9.17) is 9.47 Å². The SMILES string of the molecule is COc1ccc(NC(=O)OC(C)(C)C)c(NCCCCSC)c1. The van der Waals surface area contributed by atoms with E-state index in [9.17, 15) is 4.79 Å². The lowest BCUT2D eigenvalue weighted by Gasteiger charge is -2.21. The number of amides is 1. The molecule has 0 unspecified atom stereocenters. The Hall–Kier alpha value is -1.56. The highest BCUT2D eigenvalue weighted by Gasteiger charge is 2.17. The molecule has 1 aromatic carbocycles. The second kappa shape index (κ2) is 9.55. The number of methoxy groups -OCH3 is 1. The molecule has 6 heteroatoms. The minimum Gasteiger partial charge on any atom is -0.497 e. The van der Waals surface area contributed by atoms with Crippen molar-refractivity contribution >= 4 is 29.2 Å². The van der Waals surface area contributed by atoms with Gasteiger partial charge in [0.05, 0.1) is 18.5 Å². The maximum Gasteiger partial charge on any atom is 0.412 e. The number of hydrogen-bond acceptors (Lipinski definition) is 5. The topological polar surface area (TPSA) is 59.6 Å². The molecule has 1 rings (SSSR count). The first-order valence-electron chi connectivity index (χ1n) is 7.76. The predicted molar refractivity (Wildman–Crippen MR) is 99.0 cm³/mol. The smallest absolute Gasteiger partial charge is 0.412 e. The number of hydrogen-bond donors (Lipinski definition) is 2. The van der Waals surface area contributed by atoms with Gasteiger partial charge in [-0.2, -0.15) is 11.8 Å². The predicted octanol–water partition coefficient (Wildman–Crippen LogP) is 4.60. The van der Waals surface area contributed by atoms with E-state index in [1.165, 1.54) is 0 Å². The lowest BCUT2D eigenvalue weighted by molar-refractivity contribution is 0.0636. The third kappa shape index (κ3) is 8.02. The molecular weight excluding hydrogens is 312 g/mol. The maximum atomic E-state index is 12.0. The number of benzene rings is 1. The Bertz CT molecular complexity index is 501. The van der Waals surface area contributed by atoms with Gasteiger partial charge in [0.2, 0.25) is 0 Å². The first kappa shape index (κ1) is 19.5. The molecule has 0 aliphatic rings. The number of ether oxygens (including phenoxy) is 2. The summed E-state index contributed by atoms with van der Waals surface area (Å²) in [7, 11) is 1.62. The quantitative estimate of drug-likeness (QED) is 0.677. The molecule has 1 aromatic rings. The summed E-state index contributed by atoms with van der Waals surface area (Å²) >= 11 is 1.85. The third-order valence-electron chi connectivity index (χ3n) is 2.95. The number of nitrogens with one attached hydrogen (secondary N) is 2. The lowest BCUT2D eigenvalue weighted by Crippen LogP contribution is -2.27. The normalized spacial score (nSPS) is 11.0. The van der Waals surface area contributed by atoms with Crippen LogP contribution in [0.1, 0.15) is 33.6 Å². The number of carbonyl (C=O) groups is 1. The molecule has 23 heavy (non-hydrogen) atoms. The average molecular weight is 340 g/mol. The molecule has 0 fully saturated rings. The minimum absolute atomic E-state index is 0.465. The van der Waals surface area contributed by atoms with Gasteiger partial charge in [0.25, 0.3) is 0 Å². The lowest BCUT2D eigenvalue weighted by atomic mass is 10.2. The highest BCUT2D eigenvalue weighted by atomic mass is 32.2. The first-order valence-corrected chi connectivity index (χ1v) is 9.16. The van der Waals surface area contributed by atoms with E-state index in [-0.39, 0.29) is 0 Å². The fraction of sp³-hybridized carbons (Fsp3) is 0.588. The zero-order valence-electron chi connectivity index (χ0n) is 14.7. The molecule has 0 aromatic heterocycles. The Labute approximate surface area is 143 Å². The largest absolute Gasteiger partial charge is 0.497 e. The van der Waals surface area contributed by atoms with Crippen LogP contribution in [0.5, 0.6) is 5.75 Å². The zero-order valence-corrected chi connectivity index (χ0v) is 15.5. The van der Waals surface area contributed by atoms with Gasteiger partial charge >= 0.3 is 6.09 Å². The summed E-state index contributed by atoms with van der Waals surface area (Å²) < 4.78 is 10.6. The monoisotopic (exact) mass is 340 g/mol. The van der Waals surface area contributed by atoms with Crippen LogP contribution < -0.4 is 15.4 Å². The Balaban J connectivity index is 2.71. The minimum atomic E-state index is -0.526. The van der Waals surface area contributed by atoms with Crippen LogP contribution in [0.3, 0.4) is 0 Å². The van der Waals surface area contributed by atoms with Crippen molar-refractivity contribution in [3.63, 3.8) is 0 Å². The van der Waals surface area contributed by atoms with Crippen molar-refractivity contribution in [3.8, 4) is 5.75 Å². The Morgan fingerprint density at radius 1 is 1.22 bits per heavy atom. The number of thioether (sulfide) groups is 1. The van der Waals surface area contributed by atoms with Gasteiger partial charge in [0.1, 0.15) is 11.4 Å². The van der Waals surface area contributed by atoms with Gasteiger partial charge in [-0.05, 0) is 57.8 Å². The van der Waals surface area contributed by atoms with E-state index < -0.39 is 11.7 Å². The molecule has 130 valence electrons. The van der Waals surface area contributed by atoms with E-state index >= 15 is 0 Å². The van der Waals surface area contributed by atoms with E-state index in [1.54, 1.807) is 7.11 Å². The molecule has 0 saturated heterocycles. The van der Waals surface area contributed by atoms with E-state index in [1.807, 2.05) is 50.7 Å². The summed E-state index contributed by atoms with van der Waals surface area (Å²) in [4.78, 5) is 12.0. The molecule has 2 N–H and O–H groups in total. The van der Waals surface area contributed by atoms with Crippen LogP contribution in [-0.2, 0) is 4.74 Å². The molecule has 0 heterocycles. The van der Waals surface area contributed by atoms with Gasteiger partial charge in [-0.1, -0.05) is 0 Å². The van der Waals surface area contributed by atoms with Crippen molar-refractivity contribution in [1.29, 1.82) is 0 Å². The molecule has 0 bridgehead atoms. The van der Waals surface area contributed by atoms with Gasteiger partial charge in [-0.25, -0.2) is 4.79 Å². The number of unbranched alkanes of at least 4 members (excludes halogenated alkanes) is 1. The summed E-state index contributed by atoms with van der Waals surface area (Å²) in [5.74, 6) is 1.90. The van der Waals surface area contributed by atoms with Crippen molar-refractivity contribution in [1.82, 2.24) is 0 Å².